The highest BCUT2D eigenvalue weighted by atomic mass is 32.2. The maximum atomic E-state index is 2.45. The van der Waals surface area contributed by atoms with E-state index in [9.17, 15) is 0 Å². The second kappa shape index (κ2) is 10.1. The van der Waals surface area contributed by atoms with Gasteiger partial charge >= 0.3 is 0 Å². The van der Waals surface area contributed by atoms with Crippen LogP contribution >= 0.6 is 11.8 Å². The minimum atomic E-state index is -2.54. The Bertz CT molecular complexity index is 1900. The number of hydrogen-bond donors (Lipinski definition) is 0. The summed E-state index contributed by atoms with van der Waals surface area (Å²) in [6, 6.07) is 55.2. The van der Waals surface area contributed by atoms with Gasteiger partial charge in [0.25, 0.3) is 0 Å². The Labute approximate surface area is 255 Å². The number of benzene rings is 6. The third kappa shape index (κ3) is 3.72. The quantitative estimate of drug-likeness (QED) is 0.291. The van der Waals surface area contributed by atoms with Gasteiger partial charge in [0.2, 0.25) is 13.4 Å². The Hall–Kier alpha value is -3.98. The van der Waals surface area contributed by atoms with Crippen molar-refractivity contribution < 1.29 is 0 Å². The van der Waals surface area contributed by atoms with Gasteiger partial charge in [-0.05, 0) is 33.6 Å². The van der Waals surface area contributed by atoms with Crippen LogP contribution in [0, 0.1) is 0 Å². The fourth-order valence-corrected chi connectivity index (χ4v) is 14.3. The van der Waals surface area contributed by atoms with E-state index in [0.29, 0.717) is 13.4 Å². The van der Waals surface area contributed by atoms with Crippen LogP contribution in [-0.4, -0.2) is 21.5 Å². The fourth-order valence-electron chi connectivity index (χ4n) is 7.66. The first-order valence-electron chi connectivity index (χ1n) is 14.9. The lowest BCUT2D eigenvalue weighted by Gasteiger charge is -2.42. The summed E-state index contributed by atoms with van der Waals surface area (Å²) in [6.07, 6.45) is 0. The van der Waals surface area contributed by atoms with Crippen LogP contribution in [0.2, 0.25) is 13.6 Å². The van der Waals surface area contributed by atoms with Gasteiger partial charge in [0.05, 0.1) is 0 Å². The molecule has 2 aliphatic rings. The minimum Gasteiger partial charge on any atom is -0.0912 e. The zero-order valence-corrected chi connectivity index (χ0v) is 25.7. The summed E-state index contributed by atoms with van der Waals surface area (Å²) < 4.78 is 0. The molecular formula is C38H30B2SSi. The molecule has 0 nitrogen and oxygen atoms in total. The summed E-state index contributed by atoms with van der Waals surface area (Å²) in [5.74, 6) is 0. The molecule has 4 heteroatoms. The van der Waals surface area contributed by atoms with E-state index in [2.05, 4.69) is 159 Å². The maximum Gasteiger partial charge on any atom is 0.210 e. The normalized spacial score (nSPS) is 14.4. The number of fused-ring (bicyclic) bond motifs is 4. The summed E-state index contributed by atoms with van der Waals surface area (Å²) in [7, 11) is -2.54. The Morgan fingerprint density at radius 1 is 0.452 bits per heavy atom. The molecule has 0 aromatic heterocycles. The van der Waals surface area contributed by atoms with E-state index in [4.69, 9.17) is 0 Å². The molecule has 8 rings (SSSR count). The monoisotopic (exact) mass is 568 g/mol. The van der Waals surface area contributed by atoms with E-state index in [1.54, 1.807) is 0 Å². The van der Waals surface area contributed by atoms with Crippen molar-refractivity contribution in [1.29, 1.82) is 0 Å². The second-order valence-electron chi connectivity index (χ2n) is 11.7. The van der Waals surface area contributed by atoms with Gasteiger partial charge in [0.15, 0.2) is 8.07 Å². The van der Waals surface area contributed by atoms with Gasteiger partial charge in [-0.15, -0.1) is 0 Å². The van der Waals surface area contributed by atoms with Crippen molar-refractivity contribution in [3.63, 3.8) is 0 Å². The van der Waals surface area contributed by atoms with Gasteiger partial charge in [-0.1, -0.05) is 191 Å². The maximum absolute atomic E-state index is 2.54. The van der Waals surface area contributed by atoms with Crippen LogP contribution in [0.3, 0.4) is 0 Å². The second-order valence-corrected chi connectivity index (χ2v) is 16.5. The van der Waals surface area contributed by atoms with Gasteiger partial charge in [0, 0.05) is 9.79 Å². The molecule has 0 atom stereocenters. The van der Waals surface area contributed by atoms with Crippen molar-refractivity contribution in [3.05, 3.63) is 146 Å². The molecule has 2 aliphatic heterocycles. The van der Waals surface area contributed by atoms with E-state index in [1.165, 1.54) is 63.5 Å². The molecule has 0 radical (unpaired) electrons. The van der Waals surface area contributed by atoms with Gasteiger partial charge in [0.1, 0.15) is 0 Å². The molecule has 0 amide bonds. The summed E-state index contributed by atoms with van der Waals surface area (Å²) in [6.45, 7) is 5.47. The van der Waals surface area contributed by atoms with Crippen molar-refractivity contribution in [2.24, 2.45) is 0 Å². The lowest BCUT2D eigenvalue weighted by molar-refractivity contribution is 1.42. The predicted molar refractivity (Wildman–Crippen MR) is 188 cm³/mol. The molecule has 0 bridgehead atoms. The molecule has 0 N–H and O–H groups in total. The van der Waals surface area contributed by atoms with Crippen molar-refractivity contribution >= 4 is 75.9 Å². The van der Waals surface area contributed by atoms with E-state index in [-0.39, 0.29) is 0 Å². The standard InChI is InChI=1S/C38H30B2SSi/c1-39-32-17-7-10-21-36(32)42(28-13-4-3-5-14-28,37-22-11-8-18-33(37)39)29-25-23-27(24-26-29)30-15-12-20-35-38(30)40(2)31-16-6-9-19-34(31)41-35/h3-26H,1-2H3. The van der Waals surface area contributed by atoms with E-state index in [1.807, 2.05) is 11.8 Å². The molecule has 0 saturated carbocycles. The van der Waals surface area contributed by atoms with Crippen molar-refractivity contribution in [2.45, 2.75) is 23.4 Å². The molecule has 0 unspecified atom stereocenters. The van der Waals surface area contributed by atoms with Crippen LogP contribution in [0.5, 0.6) is 0 Å². The summed E-state index contributed by atoms with van der Waals surface area (Å²) in [5, 5.41) is 5.94. The highest BCUT2D eigenvalue weighted by Crippen LogP contribution is 2.33. The smallest absolute Gasteiger partial charge is 0.0912 e. The third-order valence-electron chi connectivity index (χ3n) is 9.60. The molecule has 198 valence electrons. The molecule has 42 heavy (non-hydrogen) atoms. The lowest BCUT2D eigenvalue weighted by atomic mass is 9.41. The summed E-state index contributed by atoms with van der Waals surface area (Å²) >= 11 is 1.91. The van der Waals surface area contributed by atoms with Crippen LogP contribution in [0.15, 0.2) is 155 Å². The van der Waals surface area contributed by atoms with Gasteiger partial charge in [-0.25, -0.2) is 0 Å². The SMILES string of the molecule is CB1c2ccccc2[Si](c2ccccc2)(c2ccc(-c3cccc4c3B(C)c3ccccc3S4)cc2)c2ccccc21. The van der Waals surface area contributed by atoms with E-state index in [0.717, 1.165) is 0 Å². The zero-order chi connectivity index (χ0) is 28.3. The van der Waals surface area contributed by atoms with E-state index >= 15 is 0 Å². The molecule has 6 aromatic rings. The van der Waals surface area contributed by atoms with Crippen LogP contribution in [0.4, 0.5) is 0 Å². The summed E-state index contributed by atoms with van der Waals surface area (Å²) in [4.78, 5) is 2.76. The topological polar surface area (TPSA) is 0 Å². The molecule has 0 aliphatic carbocycles. The largest absolute Gasteiger partial charge is 0.210 e. The highest BCUT2D eigenvalue weighted by Gasteiger charge is 2.48. The Kier molecular flexibility index (Phi) is 6.17. The Morgan fingerprint density at radius 3 is 1.69 bits per heavy atom. The highest BCUT2D eigenvalue weighted by molar-refractivity contribution is 8.00. The van der Waals surface area contributed by atoms with Crippen LogP contribution in [0.25, 0.3) is 11.1 Å². The molecule has 0 spiro atoms. The van der Waals surface area contributed by atoms with Gasteiger partial charge in [-0.3, -0.25) is 0 Å². The van der Waals surface area contributed by atoms with Crippen LogP contribution in [0.1, 0.15) is 0 Å². The van der Waals surface area contributed by atoms with Crippen molar-refractivity contribution in [1.82, 2.24) is 0 Å². The van der Waals surface area contributed by atoms with Crippen LogP contribution < -0.4 is 42.6 Å². The fraction of sp³-hybridized carbons (Fsp3) is 0.0526. The van der Waals surface area contributed by atoms with Crippen molar-refractivity contribution in [2.75, 3.05) is 0 Å². The van der Waals surface area contributed by atoms with E-state index < -0.39 is 8.07 Å². The van der Waals surface area contributed by atoms with Gasteiger partial charge in [-0.2, -0.15) is 0 Å². The Morgan fingerprint density at radius 2 is 1.00 bits per heavy atom. The first-order chi connectivity index (χ1) is 20.7. The third-order valence-corrected chi connectivity index (χ3v) is 15.7. The molecule has 0 fully saturated rings. The zero-order valence-electron chi connectivity index (χ0n) is 23.9. The molecule has 0 saturated heterocycles. The average molecular weight is 568 g/mol. The predicted octanol–water partition coefficient (Wildman–Crippen LogP) is 3.99. The summed E-state index contributed by atoms with van der Waals surface area (Å²) in [5.41, 5.74) is 8.47. The van der Waals surface area contributed by atoms with Crippen LogP contribution in [-0.2, 0) is 0 Å². The average Bonchev–Trinajstić information content (AvgIpc) is 3.06. The minimum absolute atomic E-state index is 0.358. The Balaban J connectivity index is 1.34. The first kappa shape index (κ1) is 25.7. The van der Waals surface area contributed by atoms with Crippen molar-refractivity contribution in [3.8, 4) is 11.1 Å². The first-order valence-corrected chi connectivity index (χ1v) is 17.7. The lowest BCUT2D eigenvalue weighted by Crippen LogP contribution is -2.85. The molecular weight excluding hydrogens is 538 g/mol. The number of rotatable bonds is 3. The molecule has 2 heterocycles. The van der Waals surface area contributed by atoms with Gasteiger partial charge < -0.3 is 0 Å². The molecule has 6 aromatic carbocycles. The number of hydrogen-bond acceptors (Lipinski definition) is 1.